The Morgan fingerprint density at radius 1 is 1.13 bits per heavy atom. The molecular weight excluding hydrogens is 426 g/mol. The zero-order chi connectivity index (χ0) is 22.3. The van der Waals surface area contributed by atoms with Gasteiger partial charge in [0.15, 0.2) is 11.6 Å². The summed E-state index contributed by atoms with van der Waals surface area (Å²) in [5.74, 6) is -1.09. The van der Waals surface area contributed by atoms with Gasteiger partial charge in [-0.15, -0.1) is 0 Å². The predicted octanol–water partition coefficient (Wildman–Crippen LogP) is 4.74. The fourth-order valence-corrected chi connectivity index (χ4v) is 4.63. The Labute approximate surface area is 179 Å². The number of benzene rings is 3. The van der Waals surface area contributed by atoms with Crippen molar-refractivity contribution in [3.8, 4) is 22.6 Å². The third-order valence-electron chi connectivity index (χ3n) is 5.29. The summed E-state index contributed by atoms with van der Waals surface area (Å²) < 4.78 is 72.8. The van der Waals surface area contributed by atoms with E-state index in [1.807, 2.05) is 6.92 Å². The Bertz CT molecular complexity index is 1270. The second kappa shape index (κ2) is 7.94. The summed E-state index contributed by atoms with van der Waals surface area (Å²) in [4.78, 5) is -0.174. The topological polar surface area (TPSA) is 72.8 Å². The first-order chi connectivity index (χ1) is 14.7. The lowest BCUT2D eigenvalue weighted by Gasteiger charge is -2.15. The molecule has 1 atom stereocenters. The van der Waals surface area contributed by atoms with Crippen molar-refractivity contribution >= 4 is 10.1 Å². The molecule has 0 saturated carbocycles. The van der Waals surface area contributed by atoms with E-state index in [1.165, 1.54) is 25.3 Å². The SMILES string of the molecule is COc1cc2c(c(-c3cccc(F)c3F)c1)OC(Cc1cc(C)ccc1S(=O)(=O)O)C2. The molecule has 31 heavy (non-hydrogen) atoms. The minimum Gasteiger partial charge on any atom is -0.497 e. The molecule has 3 aromatic rings. The molecular formula is C23H20F2O5S. The van der Waals surface area contributed by atoms with Crippen molar-refractivity contribution in [3.63, 3.8) is 0 Å². The number of fused-ring (bicyclic) bond motifs is 1. The first kappa shape index (κ1) is 21.3. The van der Waals surface area contributed by atoms with Crippen LogP contribution in [-0.2, 0) is 23.0 Å². The lowest BCUT2D eigenvalue weighted by Crippen LogP contribution is -2.18. The first-order valence-corrected chi connectivity index (χ1v) is 11.0. The molecule has 3 aromatic carbocycles. The van der Waals surface area contributed by atoms with E-state index < -0.39 is 27.9 Å². The summed E-state index contributed by atoms with van der Waals surface area (Å²) in [6.45, 7) is 1.82. The van der Waals surface area contributed by atoms with Crippen molar-refractivity contribution in [3.05, 3.63) is 76.9 Å². The Hall–Kier alpha value is -2.97. The Kier molecular flexibility index (Phi) is 5.45. The van der Waals surface area contributed by atoms with Gasteiger partial charge in [0.2, 0.25) is 0 Å². The van der Waals surface area contributed by atoms with Crippen molar-refractivity contribution in [1.29, 1.82) is 0 Å². The number of aryl methyl sites for hydroxylation is 1. The molecule has 1 unspecified atom stereocenters. The van der Waals surface area contributed by atoms with E-state index in [1.54, 1.807) is 24.3 Å². The second-order valence-corrected chi connectivity index (χ2v) is 8.89. The van der Waals surface area contributed by atoms with Crippen LogP contribution in [0, 0.1) is 18.6 Å². The largest absolute Gasteiger partial charge is 0.497 e. The Morgan fingerprint density at radius 2 is 1.90 bits per heavy atom. The van der Waals surface area contributed by atoms with Gasteiger partial charge in [0.1, 0.15) is 17.6 Å². The van der Waals surface area contributed by atoms with Crippen LogP contribution >= 0.6 is 0 Å². The Balaban J connectivity index is 1.74. The highest BCUT2D eigenvalue weighted by Crippen LogP contribution is 2.43. The third-order valence-corrected chi connectivity index (χ3v) is 6.24. The summed E-state index contributed by atoms with van der Waals surface area (Å²) in [5.41, 5.74) is 2.40. The van der Waals surface area contributed by atoms with Crippen molar-refractivity contribution in [2.45, 2.75) is 30.8 Å². The van der Waals surface area contributed by atoms with Crippen LogP contribution in [-0.4, -0.2) is 26.2 Å². The van der Waals surface area contributed by atoms with E-state index in [-0.39, 0.29) is 16.9 Å². The van der Waals surface area contributed by atoms with Gasteiger partial charge in [-0.05, 0) is 36.8 Å². The van der Waals surface area contributed by atoms with Crippen LogP contribution in [0.3, 0.4) is 0 Å². The van der Waals surface area contributed by atoms with Crippen LogP contribution in [0.25, 0.3) is 11.1 Å². The van der Waals surface area contributed by atoms with Gasteiger partial charge in [0.05, 0.1) is 12.0 Å². The lowest BCUT2D eigenvalue weighted by molar-refractivity contribution is 0.233. The molecule has 162 valence electrons. The average Bonchev–Trinajstić information content (AvgIpc) is 3.10. The number of hydrogen-bond acceptors (Lipinski definition) is 4. The summed E-state index contributed by atoms with van der Waals surface area (Å²) in [7, 11) is -2.92. The predicted molar refractivity (Wildman–Crippen MR) is 111 cm³/mol. The molecule has 4 rings (SSSR count). The minimum absolute atomic E-state index is 0.0463. The van der Waals surface area contributed by atoms with E-state index in [4.69, 9.17) is 9.47 Å². The van der Waals surface area contributed by atoms with E-state index in [2.05, 4.69) is 0 Å². The fourth-order valence-electron chi connectivity index (χ4n) is 3.91. The van der Waals surface area contributed by atoms with Gasteiger partial charge in [-0.3, -0.25) is 4.55 Å². The molecule has 1 N–H and O–H groups in total. The molecule has 0 fully saturated rings. The molecule has 0 aliphatic carbocycles. The standard InChI is InChI=1S/C23H20F2O5S/c1-13-6-7-21(31(26,27)28)14(8-13)9-17-11-15-10-16(29-2)12-19(23(15)30-17)18-4-3-5-20(24)22(18)25/h3-8,10,12,17H,9,11H2,1-2H3,(H,26,27,28). The van der Waals surface area contributed by atoms with Gasteiger partial charge >= 0.3 is 0 Å². The van der Waals surface area contributed by atoms with Gasteiger partial charge in [-0.1, -0.05) is 29.8 Å². The molecule has 0 bridgehead atoms. The normalized spacial score (nSPS) is 15.5. The van der Waals surface area contributed by atoms with Crippen LogP contribution in [0.1, 0.15) is 16.7 Å². The van der Waals surface area contributed by atoms with Crippen LogP contribution in [0.5, 0.6) is 11.5 Å². The molecule has 0 radical (unpaired) electrons. The highest BCUT2D eigenvalue weighted by Gasteiger charge is 2.30. The number of methoxy groups -OCH3 is 1. The maximum absolute atomic E-state index is 14.5. The van der Waals surface area contributed by atoms with Gasteiger partial charge in [0, 0.05) is 29.5 Å². The van der Waals surface area contributed by atoms with Gasteiger partial charge in [-0.25, -0.2) is 8.78 Å². The van der Waals surface area contributed by atoms with Gasteiger partial charge in [0.25, 0.3) is 10.1 Å². The molecule has 0 spiro atoms. The molecule has 1 heterocycles. The summed E-state index contributed by atoms with van der Waals surface area (Å²) in [5, 5.41) is 0. The summed E-state index contributed by atoms with van der Waals surface area (Å²) in [6, 6.07) is 11.9. The molecule has 1 aliphatic heterocycles. The quantitative estimate of drug-likeness (QED) is 0.573. The Morgan fingerprint density at radius 3 is 2.61 bits per heavy atom. The van der Waals surface area contributed by atoms with E-state index >= 15 is 0 Å². The second-order valence-electron chi connectivity index (χ2n) is 7.50. The number of ether oxygens (including phenoxy) is 2. The van der Waals surface area contributed by atoms with Gasteiger partial charge < -0.3 is 9.47 Å². The minimum atomic E-state index is -4.40. The smallest absolute Gasteiger partial charge is 0.294 e. The molecule has 0 saturated heterocycles. The van der Waals surface area contributed by atoms with E-state index in [0.29, 0.717) is 29.0 Å². The monoisotopic (exact) mass is 446 g/mol. The highest BCUT2D eigenvalue weighted by atomic mass is 32.2. The molecule has 8 heteroatoms. The summed E-state index contributed by atoms with van der Waals surface area (Å²) in [6.07, 6.45) is 0.161. The molecule has 5 nitrogen and oxygen atoms in total. The number of halogens is 2. The van der Waals surface area contributed by atoms with Crippen LogP contribution in [0.4, 0.5) is 8.78 Å². The number of rotatable bonds is 5. The average molecular weight is 446 g/mol. The van der Waals surface area contributed by atoms with Gasteiger partial charge in [-0.2, -0.15) is 8.42 Å². The van der Waals surface area contributed by atoms with Crippen molar-refractivity contribution < 1.29 is 31.2 Å². The highest BCUT2D eigenvalue weighted by molar-refractivity contribution is 7.85. The molecule has 0 aromatic heterocycles. The molecule has 1 aliphatic rings. The zero-order valence-corrected chi connectivity index (χ0v) is 17.7. The lowest BCUT2D eigenvalue weighted by atomic mass is 9.98. The van der Waals surface area contributed by atoms with Crippen LogP contribution < -0.4 is 9.47 Å². The third kappa shape index (κ3) is 4.13. The first-order valence-electron chi connectivity index (χ1n) is 9.56. The fraction of sp³-hybridized carbons (Fsp3) is 0.217. The molecule has 0 amide bonds. The van der Waals surface area contributed by atoms with Crippen molar-refractivity contribution in [2.75, 3.05) is 7.11 Å². The van der Waals surface area contributed by atoms with Crippen LogP contribution in [0.15, 0.2) is 53.4 Å². The maximum atomic E-state index is 14.5. The number of hydrogen-bond donors (Lipinski definition) is 1. The van der Waals surface area contributed by atoms with E-state index in [9.17, 15) is 21.8 Å². The zero-order valence-electron chi connectivity index (χ0n) is 16.9. The summed E-state index contributed by atoms with van der Waals surface area (Å²) >= 11 is 0. The van der Waals surface area contributed by atoms with Crippen molar-refractivity contribution in [1.82, 2.24) is 0 Å². The maximum Gasteiger partial charge on any atom is 0.294 e. The van der Waals surface area contributed by atoms with Crippen LogP contribution in [0.2, 0.25) is 0 Å². The van der Waals surface area contributed by atoms with Crippen molar-refractivity contribution in [2.24, 2.45) is 0 Å². The van der Waals surface area contributed by atoms with E-state index in [0.717, 1.165) is 17.2 Å².